The molecule has 138 valence electrons. The molecule has 1 aliphatic carbocycles. The first-order valence-corrected chi connectivity index (χ1v) is 10.6. The lowest BCUT2D eigenvalue weighted by atomic mass is 9.95. The minimum absolute atomic E-state index is 0.0833. The van der Waals surface area contributed by atoms with Gasteiger partial charge in [-0.3, -0.25) is 4.79 Å². The number of nitrogens with one attached hydrogen (secondary N) is 1. The molecule has 1 aromatic carbocycles. The van der Waals surface area contributed by atoms with Crippen molar-refractivity contribution in [3.63, 3.8) is 0 Å². The first-order valence-electron chi connectivity index (χ1n) is 8.78. The van der Waals surface area contributed by atoms with Gasteiger partial charge in [0.25, 0.3) is 5.91 Å². The molecule has 0 spiro atoms. The second kappa shape index (κ2) is 9.10. The van der Waals surface area contributed by atoms with E-state index in [1.807, 2.05) is 24.3 Å². The van der Waals surface area contributed by atoms with Crippen LogP contribution < -0.4 is 5.43 Å². The molecule has 0 aliphatic heterocycles. The Morgan fingerprint density at radius 3 is 2.44 bits per heavy atom. The predicted octanol–water partition coefficient (Wildman–Crippen LogP) is 2.29. The van der Waals surface area contributed by atoms with Gasteiger partial charge in [-0.25, -0.2) is 13.8 Å². The van der Waals surface area contributed by atoms with E-state index in [4.69, 9.17) is 0 Å². The second-order valence-corrected chi connectivity index (χ2v) is 8.42. The van der Waals surface area contributed by atoms with Crippen molar-refractivity contribution in [2.24, 2.45) is 5.10 Å². The van der Waals surface area contributed by atoms with E-state index in [9.17, 15) is 13.2 Å². The zero-order valence-electron chi connectivity index (χ0n) is 14.9. The molecular weight excluding hydrogens is 338 g/mol. The normalized spacial score (nSPS) is 16.4. The summed E-state index contributed by atoms with van der Waals surface area (Å²) in [6, 6.07) is 7.80. The highest BCUT2D eigenvalue weighted by atomic mass is 32.2. The minimum atomic E-state index is -3.42. The molecule has 1 aliphatic rings. The first-order chi connectivity index (χ1) is 11.9. The molecule has 25 heavy (non-hydrogen) atoms. The molecule has 1 fully saturated rings. The number of benzene rings is 1. The van der Waals surface area contributed by atoms with E-state index >= 15 is 0 Å². The largest absolute Gasteiger partial charge is 0.272 e. The van der Waals surface area contributed by atoms with Crippen LogP contribution in [-0.2, 0) is 21.2 Å². The lowest BCUT2D eigenvalue weighted by molar-refractivity contribution is -0.121. The molecule has 0 bridgehead atoms. The van der Waals surface area contributed by atoms with Gasteiger partial charge in [0.2, 0.25) is 10.0 Å². The summed E-state index contributed by atoms with van der Waals surface area (Å²) in [5, 5.41) is 3.93. The fourth-order valence-electron chi connectivity index (χ4n) is 3.08. The van der Waals surface area contributed by atoms with Gasteiger partial charge in [-0.15, -0.1) is 0 Å². The Morgan fingerprint density at radius 2 is 1.88 bits per heavy atom. The summed E-state index contributed by atoms with van der Waals surface area (Å²) in [6.07, 6.45) is 8.45. The minimum Gasteiger partial charge on any atom is -0.272 e. The smallest absolute Gasteiger partial charge is 0.255 e. The van der Waals surface area contributed by atoms with Crippen molar-refractivity contribution in [1.82, 2.24) is 9.73 Å². The number of carbonyl (C=O) groups excluding carboxylic acids is 1. The molecule has 1 aromatic rings. The van der Waals surface area contributed by atoms with Crippen molar-refractivity contribution in [1.29, 1.82) is 0 Å². The molecule has 7 heteroatoms. The van der Waals surface area contributed by atoms with Crippen LogP contribution in [0.1, 0.15) is 50.2 Å². The zero-order chi connectivity index (χ0) is 18.3. The molecule has 0 unspecified atom stereocenters. The van der Waals surface area contributed by atoms with Crippen LogP contribution in [0.4, 0.5) is 0 Å². The quantitative estimate of drug-likeness (QED) is 0.595. The molecule has 1 amide bonds. The Kier molecular flexibility index (Phi) is 7.13. The maximum Gasteiger partial charge on any atom is 0.255 e. The number of hydrogen-bond acceptors (Lipinski definition) is 4. The molecule has 0 heterocycles. The van der Waals surface area contributed by atoms with Gasteiger partial charge in [-0.2, -0.15) is 9.41 Å². The van der Waals surface area contributed by atoms with Gasteiger partial charge in [0, 0.05) is 6.04 Å². The van der Waals surface area contributed by atoms with E-state index in [2.05, 4.69) is 17.5 Å². The van der Waals surface area contributed by atoms with Crippen molar-refractivity contribution < 1.29 is 13.2 Å². The number of carbonyl (C=O) groups is 1. The average molecular weight is 365 g/mol. The number of hydrogen-bond donors (Lipinski definition) is 1. The number of aryl methyl sites for hydroxylation is 1. The van der Waals surface area contributed by atoms with Gasteiger partial charge in [-0.1, -0.05) is 50.5 Å². The van der Waals surface area contributed by atoms with Crippen molar-refractivity contribution in [2.45, 2.75) is 51.5 Å². The van der Waals surface area contributed by atoms with Crippen LogP contribution in [0.5, 0.6) is 0 Å². The topological polar surface area (TPSA) is 78.8 Å². The monoisotopic (exact) mass is 365 g/mol. The third-order valence-corrected chi connectivity index (χ3v) is 5.78. The number of amides is 1. The number of nitrogens with zero attached hydrogens (tertiary/aromatic N) is 2. The van der Waals surface area contributed by atoms with Crippen molar-refractivity contribution in [3.8, 4) is 0 Å². The molecule has 0 aromatic heterocycles. The van der Waals surface area contributed by atoms with Gasteiger partial charge >= 0.3 is 0 Å². The fraction of sp³-hybridized carbons (Fsp3) is 0.556. The highest BCUT2D eigenvalue weighted by molar-refractivity contribution is 7.88. The van der Waals surface area contributed by atoms with Gasteiger partial charge in [0.1, 0.15) is 0 Å². The van der Waals surface area contributed by atoms with Crippen LogP contribution in [0, 0.1) is 0 Å². The number of rotatable bonds is 7. The van der Waals surface area contributed by atoms with Gasteiger partial charge in [0.15, 0.2) is 0 Å². The summed E-state index contributed by atoms with van der Waals surface area (Å²) in [6.45, 7) is 1.90. The van der Waals surface area contributed by atoms with Crippen LogP contribution in [0.3, 0.4) is 0 Å². The molecule has 1 saturated carbocycles. The number of hydrazone groups is 1. The third-order valence-electron chi connectivity index (χ3n) is 4.50. The maximum absolute atomic E-state index is 12.1. The summed E-state index contributed by atoms with van der Waals surface area (Å²) in [5.41, 5.74) is 4.54. The molecule has 1 N–H and O–H groups in total. The third kappa shape index (κ3) is 6.25. The first kappa shape index (κ1) is 19.6. The standard InChI is InChI=1S/C18H27N3O3S/c1-3-15-9-11-16(12-10-15)13-19-20-18(22)14-21(25(2,23)24)17-7-5-4-6-8-17/h9-13,17H,3-8,14H2,1-2H3,(H,20,22)/b19-13+. The predicted molar refractivity (Wildman–Crippen MR) is 100.0 cm³/mol. The second-order valence-electron chi connectivity index (χ2n) is 6.49. The maximum atomic E-state index is 12.1. The Hall–Kier alpha value is -1.73. The van der Waals surface area contributed by atoms with Gasteiger partial charge in [-0.05, 0) is 30.4 Å². The van der Waals surface area contributed by atoms with E-state index < -0.39 is 15.9 Å². The summed E-state index contributed by atoms with van der Waals surface area (Å²) >= 11 is 0. The number of sulfonamides is 1. The van der Waals surface area contributed by atoms with E-state index in [1.54, 1.807) is 6.21 Å². The van der Waals surface area contributed by atoms with Crippen molar-refractivity contribution >= 4 is 22.1 Å². The lowest BCUT2D eigenvalue weighted by Crippen LogP contribution is -2.45. The molecule has 0 saturated heterocycles. The van der Waals surface area contributed by atoms with Crippen LogP contribution in [0.2, 0.25) is 0 Å². The van der Waals surface area contributed by atoms with E-state index in [-0.39, 0.29) is 12.6 Å². The molecule has 6 nitrogen and oxygen atoms in total. The van der Waals surface area contributed by atoms with Gasteiger partial charge in [0.05, 0.1) is 19.0 Å². The summed E-state index contributed by atoms with van der Waals surface area (Å²) < 4.78 is 25.4. The van der Waals surface area contributed by atoms with Gasteiger partial charge < -0.3 is 0 Å². The Balaban J connectivity index is 1.92. The summed E-state index contributed by atoms with van der Waals surface area (Å²) in [4.78, 5) is 12.1. The summed E-state index contributed by atoms with van der Waals surface area (Å²) in [7, 11) is -3.42. The van der Waals surface area contributed by atoms with E-state index in [1.165, 1.54) is 9.87 Å². The Bertz CT molecular complexity index is 693. The molecule has 0 atom stereocenters. The van der Waals surface area contributed by atoms with Crippen molar-refractivity contribution in [3.05, 3.63) is 35.4 Å². The van der Waals surface area contributed by atoms with Crippen LogP contribution in [-0.4, -0.2) is 43.7 Å². The zero-order valence-corrected chi connectivity index (χ0v) is 15.8. The Labute approximate surface area is 150 Å². The molecule has 0 radical (unpaired) electrons. The average Bonchev–Trinajstić information content (AvgIpc) is 2.60. The van der Waals surface area contributed by atoms with Crippen LogP contribution >= 0.6 is 0 Å². The molecule has 2 rings (SSSR count). The van der Waals surface area contributed by atoms with Crippen LogP contribution in [0.15, 0.2) is 29.4 Å². The Morgan fingerprint density at radius 1 is 1.24 bits per heavy atom. The highest BCUT2D eigenvalue weighted by Gasteiger charge is 2.29. The fourth-order valence-corrected chi connectivity index (χ4v) is 4.19. The SMILES string of the molecule is CCc1ccc(/C=N/NC(=O)CN(C2CCCCC2)S(C)(=O)=O)cc1. The highest BCUT2D eigenvalue weighted by Crippen LogP contribution is 2.24. The van der Waals surface area contributed by atoms with Crippen molar-refractivity contribution in [2.75, 3.05) is 12.8 Å². The van der Waals surface area contributed by atoms with Crippen LogP contribution in [0.25, 0.3) is 0 Å². The van der Waals surface area contributed by atoms with E-state index in [0.717, 1.165) is 50.3 Å². The summed E-state index contributed by atoms with van der Waals surface area (Å²) in [5.74, 6) is -0.419. The molecular formula is C18H27N3O3S. The van der Waals surface area contributed by atoms with E-state index in [0.29, 0.717) is 0 Å². The lowest BCUT2D eigenvalue weighted by Gasteiger charge is -2.31.